The Kier molecular flexibility index (Phi) is 6.53. The molecule has 0 unspecified atom stereocenters. The first kappa shape index (κ1) is 21.3. The lowest BCUT2D eigenvalue weighted by molar-refractivity contribution is 0.267. The molecule has 31 heavy (non-hydrogen) atoms. The van der Waals surface area contributed by atoms with Gasteiger partial charge in [-0.2, -0.15) is 0 Å². The van der Waals surface area contributed by atoms with Crippen molar-refractivity contribution >= 4 is 44.3 Å². The van der Waals surface area contributed by atoms with E-state index in [0.29, 0.717) is 36.3 Å². The molecule has 1 heterocycles. The summed E-state index contributed by atoms with van der Waals surface area (Å²) in [6.45, 7) is 3.36. The van der Waals surface area contributed by atoms with Crippen LogP contribution in [0.3, 0.4) is 0 Å². The fraction of sp³-hybridized carbons (Fsp3) is 0.174. The maximum Gasteiger partial charge on any atom is 0.323 e. The number of hydrogen-bond acceptors (Lipinski definition) is 4. The number of rotatable bonds is 8. The van der Waals surface area contributed by atoms with E-state index in [1.54, 1.807) is 0 Å². The zero-order valence-electron chi connectivity index (χ0n) is 16.8. The number of H-pyrrole nitrogens is 2. The molecular formula is C23H21BrClN3O3. The molecule has 1 aromatic heterocycles. The fourth-order valence-corrected chi connectivity index (χ4v) is 4.03. The summed E-state index contributed by atoms with van der Waals surface area (Å²) in [5.74, 6) is 1.29. The number of aromatic amines is 2. The van der Waals surface area contributed by atoms with Crippen LogP contribution in [0.25, 0.3) is 11.0 Å². The maximum atomic E-state index is 11.4. The van der Waals surface area contributed by atoms with Gasteiger partial charge >= 0.3 is 5.69 Å². The average Bonchev–Trinajstić information content (AvgIpc) is 3.12. The Hall–Kier alpha value is -2.90. The minimum atomic E-state index is -0.218. The lowest BCUT2D eigenvalue weighted by Crippen LogP contribution is -2.04. The van der Waals surface area contributed by atoms with Crippen molar-refractivity contribution < 1.29 is 9.47 Å². The van der Waals surface area contributed by atoms with E-state index >= 15 is 0 Å². The number of imidazole rings is 1. The Morgan fingerprint density at radius 3 is 2.65 bits per heavy atom. The third-order valence-corrected chi connectivity index (χ3v) is 5.67. The lowest BCUT2D eigenvalue weighted by Gasteiger charge is -2.16. The molecule has 4 aromatic rings. The molecule has 0 radical (unpaired) electrons. The van der Waals surface area contributed by atoms with Gasteiger partial charge in [0.15, 0.2) is 11.5 Å². The van der Waals surface area contributed by atoms with Gasteiger partial charge < -0.3 is 24.8 Å². The summed E-state index contributed by atoms with van der Waals surface area (Å²) in [6, 6.07) is 17.2. The monoisotopic (exact) mass is 501 g/mol. The van der Waals surface area contributed by atoms with Crippen molar-refractivity contribution in [1.29, 1.82) is 0 Å². The van der Waals surface area contributed by atoms with Gasteiger partial charge in [0.2, 0.25) is 0 Å². The van der Waals surface area contributed by atoms with E-state index in [1.807, 2.05) is 61.5 Å². The summed E-state index contributed by atoms with van der Waals surface area (Å²) in [6.07, 6.45) is 0. The molecule has 0 atom stereocenters. The van der Waals surface area contributed by atoms with Gasteiger partial charge in [0.05, 0.1) is 22.1 Å². The summed E-state index contributed by atoms with van der Waals surface area (Å²) in [5, 5.41) is 4.04. The number of fused-ring (bicyclic) bond motifs is 1. The van der Waals surface area contributed by atoms with Crippen LogP contribution in [0, 0.1) is 0 Å². The molecule has 0 amide bonds. The normalized spacial score (nSPS) is 10.9. The number of anilines is 1. The van der Waals surface area contributed by atoms with E-state index in [2.05, 4.69) is 31.2 Å². The Labute approximate surface area is 192 Å². The third-order valence-electron chi connectivity index (χ3n) is 4.71. The molecule has 0 saturated heterocycles. The van der Waals surface area contributed by atoms with Crippen molar-refractivity contribution in [2.75, 3.05) is 11.9 Å². The number of hydrogen-bond donors (Lipinski definition) is 3. The highest BCUT2D eigenvalue weighted by molar-refractivity contribution is 9.10. The van der Waals surface area contributed by atoms with Gasteiger partial charge in [0.1, 0.15) is 6.61 Å². The molecule has 0 spiro atoms. The quantitative estimate of drug-likeness (QED) is 0.282. The molecule has 0 bridgehead atoms. The maximum absolute atomic E-state index is 11.4. The number of ether oxygens (including phenoxy) is 2. The number of nitrogens with one attached hydrogen (secondary N) is 3. The van der Waals surface area contributed by atoms with E-state index in [-0.39, 0.29) is 5.69 Å². The van der Waals surface area contributed by atoms with Crippen molar-refractivity contribution in [2.45, 2.75) is 20.1 Å². The number of aromatic nitrogens is 2. The highest BCUT2D eigenvalue weighted by atomic mass is 79.9. The minimum Gasteiger partial charge on any atom is -0.490 e. The lowest BCUT2D eigenvalue weighted by atomic mass is 10.2. The van der Waals surface area contributed by atoms with Crippen LogP contribution in [0.15, 0.2) is 63.9 Å². The predicted molar refractivity (Wildman–Crippen MR) is 127 cm³/mol. The second kappa shape index (κ2) is 9.49. The van der Waals surface area contributed by atoms with Gasteiger partial charge in [0.25, 0.3) is 0 Å². The first-order valence-corrected chi connectivity index (χ1v) is 11.0. The Balaban J connectivity index is 1.51. The molecule has 160 valence electrons. The van der Waals surface area contributed by atoms with Crippen LogP contribution < -0.4 is 20.5 Å². The summed E-state index contributed by atoms with van der Waals surface area (Å²) >= 11 is 9.85. The molecule has 0 aliphatic rings. The van der Waals surface area contributed by atoms with E-state index in [0.717, 1.165) is 32.3 Å². The van der Waals surface area contributed by atoms with E-state index in [4.69, 9.17) is 21.1 Å². The molecule has 8 heteroatoms. The van der Waals surface area contributed by atoms with Gasteiger partial charge in [-0.1, -0.05) is 29.8 Å². The van der Waals surface area contributed by atoms with Gasteiger partial charge in [-0.25, -0.2) is 4.79 Å². The highest BCUT2D eigenvalue weighted by Crippen LogP contribution is 2.38. The summed E-state index contributed by atoms with van der Waals surface area (Å²) in [5.41, 5.74) is 4.14. The molecule has 0 aliphatic heterocycles. The zero-order valence-corrected chi connectivity index (χ0v) is 19.1. The highest BCUT2D eigenvalue weighted by Gasteiger charge is 2.13. The molecule has 4 rings (SSSR count). The Bertz CT molecular complexity index is 1270. The molecule has 6 nitrogen and oxygen atoms in total. The summed E-state index contributed by atoms with van der Waals surface area (Å²) in [7, 11) is 0. The fourth-order valence-electron chi connectivity index (χ4n) is 3.24. The minimum absolute atomic E-state index is 0.218. The topological polar surface area (TPSA) is 79.1 Å². The Morgan fingerprint density at radius 2 is 1.84 bits per heavy atom. The molecular weight excluding hydrogens is 482 g/mol. The Morgan fingerprint density at radius 1 is 1.03 bits per heavy atom. The summed E-state index contributed by atoms with van der Waals surface area (Å²) < 4.78 is 12.7. The predicted octanol–water partition coefficient (Wildman–Crippen LogP) is 5.86. The molecule has 3 N–H and O–H groups in total. The van der Waals surface area contributed by atoms with Crippen LogP contribution >= 0.6 is 27.5 Å². The van der Waals surface area contributed by atoms with Crippen molar-refractivity contribution in [3.63, 3.8) is 0 Å². The smallest absolute Gasteiger partial charge is 0.323 e. The van der Waals surface area contributed by atoms with Crippen LogP contribution in [0.1, 0.15) is 18.1 Å². The van der Waals surface area contributed by atoms with E-state index in [9.17, 15) is 4.79 Å². The van der Waals surface area contributed by atoms with Crippen LogP contribution in [-0.4, -0.2) is 16.6 Å². The van der Waals surface area contributed by atoms with Crippen LogP contribution in [-0.2, 0) is 13.2 Å². The molecule has 0 aliphatic carbocycles. The average molecular weight is 503 g/mol. The third kappa shape index (κ3) is 5.06. The largest absolute Gasteiger partial charge is 0.490 e. The van der Waals surface area contributed by atoms with Crippen LogP contribution in [0.4, 0.5) is 5.69 Å². The van der Waals surface area contributed by atoms with Crippen molar-refractivity contribution in [2.24, 2.45) is 0 Å². The second-order valence-corrected chi connectivity index (χ2v) is 8.17. The standard InChI is InChI=1S/C23H21BrClN3O3/c1-2-30-21-10-14(12-26-16-7-8-19-20(11-16)28-23(29)27-19)9-17(24)22(21)31-13-15-5-3-4-6-18(15)25/h3-11,26H,2,12-13H2,1H3,(H2,27,28,29). The first-order chi connectivity index (χ1) is 15.0. The number of halogens is 2. The van der Waals surface area contributed by atoms with Gasteiger partial charge in [-0.15, -0.1) is 0 Å². The van der Waals surface area contributed by atoms with E-state index < -0.39 is 0 Å². The molecule has 0 saturated carbocycles. The van der Waals surface area contributed by atoms with Gasteiger partial charge in [-0.3, -0.25) is 0 Å². The van der Waals surface area contributed by atoms with Crippen LogP contribution in [0.5, 0.6) is 11.5 Å². The molecule has 3 aromatic carbocycles. The summed E-state index contributed by atoms with van der Waals surface area (Å²) in [4.78, 5) is 16.9. The van der Waals surface area contributed by atoms with Crippen molar-refractivity contribution in [3.05, 3.63) is 85.7 Å². The molecule has 0 fully saturated rings. The van der Waals surface area contributed by atoms with Crippen molar-refractivity contribution in [1.82, 2.24) is 9.97 Å². The first-order valence-electron chi connectivity index (χ1n) is 9.81. The van der Waals surface area contributed by atoms with Crippen molar-refractivity contribution in [3.8, 4) is 11.5 Å². The zero-order chi connectivity index (χ0) is 21.8. The van der Waals surface area contributed by atoms with Crippen LogP contribution in [0.2, 0.25) is 5.02 Å². The SMILES string of the molecule is CCOc1cc(CNc2ccc3[nH]c(=O)[nH]c3c2)cc(Br)c1OCc1ccccc1Cl. The van der Waals surface area contributed by atoms with Gasteiger partial charge in [-0.05, 0) is 64.8 Å². The van der Waals surface area contributed by atoms with E-state index in [1.165, 1.54) is 0 Å². The van der Waals surface area contributed by atoms with Gasteiger partial charge in [0, 0.05) is 22.8 Å². The number of benzene rings is 3. The second-order valence-electron chi connectivity index (χ2n) is 6.91.